The van der Waals surface area contributed by atoms with Crippen molar-refractivity contribution in [2.75, 3.05) is 0 Å². The average Bonchev–Trinajstić information content (AvgIpc) is 2.17. The number of hydrogen-bond donors (Lipinski definition) is 2. The molecule has 0 aromatic heterocycles. The summed E-state index contributed by atoms with van der Waals surface area (Å²) in [6.45, 7) is 2.02. The van der Waals surface area contributed by atoms with Crippen LogP contribution in [0.1, 0.15) is 31.4 Å². The predicted octanol–water partition coefficient (Wildman–Crippen LogP) is 3.26. The van der Waals surface area contributed by atoms with Crippen molar-refractivity contribution >= 4 is 27.5 Å². The first-order valence-corrected chi connectivity index (χ1v) is 6.12. The molecule has 0 saturated carbocycles. The highest BCUT2D eigenvalue weighted by Gasteiger charge is 2.18. The second-order valence-corrected chi connectivity index (χ2v) is 4.84. The van der Waals surface area contributed by atoms with E-state index in [1.165, 1.54) is 0 Å². The molecule has 0 radical (unpaired) electrons. The van der Waals surface area contributed by atoms with Gasteiger partial charge < -0.3 is 10.8 Å². The summed E-state index contributed by atoms with van der Waals surface area (Å²) in [7, 11) is 0. The van der Waals surface area contributed by atoms with E-state index >= 15 is 0 Å². The molecule has 2 nitrogen and oxygen atoms in total. The molecule has 1 aromatic rings. The zero-order valence-electron chi connectivity index (χ0n) is 8.58. The van der Waals surface area contributed by atoms with Gasteiger partial charge in [0.2, 0.25) is 0 Å². The molecule has 0 aliphatic rings. The van der Waals surface area contributed by atoms with Crippen molar-refractivity contribution in [1.29, 1.82) is 0 Å². The Bertz CT molecular complexity index is 332. The molecule has 0 fully saturated rings. The van der Waals surface area contributed by atoms with Gasteiger partial charge in [0, 0.05) is 9.50 Å². The summed E-state index contributed by atoms with van der Waals surface area (Å²) < 4.78 is 0.845. The lowest BCUT2D eigenvalue weighted by Gasteiger charge is -2.19. The Hall–Kier alpha value is -0.0900. The second-order valence-electron chi connectivity index (χ2n) is 3.55. The molecule has 1 aromatic carbocycles. The van der Waals surface area contributed by atoms with E-state index in [9.17, 15) is 5.11 Å². The van der Waals surface area contributed by atoms with Crippen LogP contribution in [0, 0.1) is 0 Å². The highest BCUT2D eigenvalue weighted by molar-refractivity contribution is 9.10. The van der Waals surface area contributed by atoms with Gasteiger partial charge in [-0.05, 0) is 24.1 Å². The summed E-state index contributed by atoms with van der Waals surface area (Å²) in [5.41, 5.74) is 6.84. The van der Waals surface area contributed by atoms with Crippen LogP contribution in [0.2, 0.25) is 5.02 Å². The van der Waals surface area contributed by atoms with E-state index in [0.29, 0.717) is 11.4 Å². The molecule has 0 aliphatic heterocycles. The topological polar surface area (TPSA) is 46.2 Å². The van der Waals surface area contributed by atoms with Crippen molar-refractivity contribution in [2.45, 2.75) is 31.9 Å². The molecule has 3 N–H and O–H groups in total. The Morgan fingerprint density at radius 1 is 1.53 bits per heavy atom. The van der Waals surface area contributed by atoms with Crippen LogP contribution in [0.5, 0.6) is 0 Å². The Morgan fingerprint density at radius 3 is 2.73 bits per heavy atom. The molecule has 0 bridgehead atoms. The molecule has 0 spiro atoms. The van der Waals surface area contributed by atoms with Gasteiger partial charge in [0.05, 0.1) is 12.1 Å². The van der Waals surface area contributed by atoms with Gasteiger partial charge in [0.25, 0.3) is 0 Å². The molecule has 0 heterocycles. The molecule has 2 atom stereocenters. The lowest BCUT2D eigenvalue weighted by atomic mass is 9.99. The first-order valence-electron chi connectivity index (χ1n) is 4.94. The third kappa shape index (κ3) is 3.45. The summed E-state index contributed by atoms with van der Waals surface area (Å²) in [6, 6.07) is 5.04. The molecule has 4 heteroatoms. The van der Waals surface area contributed by atoms with Crippen LogP contribution in [0.25, 0.3) is 0 Å². The Balaban J connectivity index is 2.86. The zero-order chi connectivity index (χ0) is 11.4. The third-order valence-electron chi connectivity index (χ3n) is 2.32. The van der Waals surface area contributed by atoms with Crippen molar-refractivity contribution < 1.29 is 5.11 Å². The van der Waals surface area contributed by atoms with Crippen molar-refractivity contribution in [3.05, 3.63) is 33.3 Å². The first-order chi connectivity index (χ1) is 7.06. The maximum atomic E-state index is 9.79. The summed E-state index contributed by atoms with van der Waals surface area (Å²) >= 11 is 9.22. The fourth-order valence-electron chi connectivity index (χ4n) is 1.45. The number of hydrogen-bond acceptors (Lipinski definition) is 2. The summed E-state index contributed by atoms with van der Waals surface area (Å²) in [5, 5.41) is 10.4. The van der Waals surface area contributed by atoms with Crippen LogP contribution < -0.4 is 5.73 Å². The standard InChI is InChI=1S/C11H15BrClNO/c1-2-3-10(15)11(14)8-5-4-7(13)6-9(8)12/h4-6,10-11,15H,2-3,14H2,1H3/t10-,11+/m1/s1. The Kier molecular flexibility index (Phi) is 5.06. The van der Waals surface area contributed by atoms with Crippen LogP contribution in [0.4, 0.5) is 0 Å². The molecule has 0 saturated heterocycles. The largest absolute Gasteiger partial charge is 0.391 e. The SMILES string of the molecule is CCC[C@@H](O)[C@@H](N)c1ccc(Cl)cc1Br. The van der Waals surface area contributed by atoms with Crippen LogP contribution >= 0.6 is 27.5 Å². The van der Waals surface area contributed by atoms with Gasteiger partial charge in [-0.3, -0.25) is 0 Å². The van der Waals surface area contributed by atoms with Crippen molar-refractivity contribution in [1.82, 2.24) is 0 Å². The molecule has 84 valence electrons. The third-order valence-corrected chi connectivity index (χ3v) is 3.24. The minimum Gasteiger partial charge on any atom is -0.391 e. The monoisotopic (exact) mass is 291 g/mol. The highest BCUT2D eigenvalue weighted by Crippen LogP contribution is 2.28. The number of rotatable bonds is 4. The van der Waals surface area contributed by atoms with Crippen molar-refractivity contribution in [3.8, 4) is 0 Å². The molecular weight excluding hydrogens is 277 g/mol. The number of aliphatic hydroxyl groups is 1. The fourth-order valence-corrected chi connectivity index (χ4v) is 2.40. The van der Waals surface area contributed by atoms with E-state index in [1.54, 1.807) is 12.1 Å². The Morgan fingerprint density at radius 2 is 2.20 bits per heavy atom. The van der Waals surface area contributed by atoms with Gasteiger partial charge >= 0.3 is 0 Å². The van der Waals surface area contributed by atoms with E-state index in [4.69, 9.17) is 17.3 Å². The maximum Gasteiger partial charge on any atom is 0.0733 e. The van der Waals surface area contributed by atoms with Gasteiger partial charge in [0.1, 0.15) is 0 Å². The van der Waals surface area contributed by atoms with Gasteiger partial charge in [-0.25, -0.2) is 0 Å². The number of benzene rings is 1. The normalized spacial score (nSPS) is 15.0. The predicted molar refractivity (Wildman–Crippen MR) is 67.0 cm³/mol. The molecule has 0 amide bonds. The summed E-state index contributed by atoms with van der Waals surface area (Å²) in [5.74, 6) is 0. The smallest absolute Gasteiger partial charge is 0.0733 e. The van der Waals surface area contributed by atoms with Gasteiger partial charge in [-0.15, -0.1) is 0 Å². The molecule has 0 aliphatic carbocycles. The van der Waals surface area contributed by atoms with Crippen LogP contribution in [-0.4, -0.2) is 11.2 Å². The van der Waals surface area contributed by atoms with Gasteiger partial charge in [0.15, 0.2) is 0 Å². The minimum absolute atomic E-state index is 0.364. The molecule has 15 heavy (non-hydrogen) atoms. The zero-order valence-corrected chi connectivity index (χ0v) is 10.9. The van der Waals surface area contributed by atoms with Crippen LogP contribution in [0.3, 0.4) is 0 Å². The fraction of sp³-hybridized carbons (Fsp3) is 0.455. The highest BCUT2D eigenvalue weighted by atomic mass is 79.9. The van der Waals surface area contributed by atoms with Crippen molar-refractivity contribution in [3.63, 3.8) is 0 Å². The lowest BCUT2D eigenvalue weighted by Crippen LogP contribution is -2.26. The minimum atomic E-state index is -0.507. The first kappa shape index (κ1) is 13.0. The average molecular weight is 293 g/mol. The van der Waals surface area contributed by atoms with Crippen LogP contribution in [0.15, 0.2) is 22.7 Å². The molecular formula is C11H15BrClNO. The Labute approximate surface area is 104 Å². The van der Waals surface area contributed by atoms with E-state index in [1.807, 2.05) is 13.0 Å². The number of halogens is 2. The quantitative estimate of drug-likeness (QED) is 0.895. The van der Waals surface area contributed by atoms with Crippen LogP contribution in [-0.2, 0) is 0 Å². The summed E-state index contributed by atoms with van der Waals surface area (Å²) in [4.78, 5) is 0. The van der Waals surface area contributed by atoms with Gasteiger partial charge in [-0.2, -0.15) is 0 Å². The van der Waals surface area contributed by atoms with E-state index in [-0.39, 0.29) is 6.04 Å². The summed E-state index contributed by atoms with van der Waals surface area (Å²) in [6.07, 6.45) is 1.11. The number of aliphatic hydroxyl groups excluding tert-OH is 1. The maximum absolute atomic E-state index is 9.79. The van der Waals surface area contributed by atoms with Gasteiger partial charge in [-0.1, -0.05) is 46.9 Å². The van der Waals surface area contributed by atoms with E-state index in [2.05, 4.69) is 15.9 Å². The molecule has 1 rings (SSSR count). The lowest BCUT2D eigenvalue weighted by molar-refractivity contribution is 0.134. The molecule has 0 unspecified atom stereocenters. The van der Waals surface area contributed by atoms with E-state index in [0.717, 1.165) is 16.5 Å². The van der Waals surface area contributed by atoms with Crippen molar-refractivity contribution in [2.24, 2.45) is 5.73 Å². The number of nitrogens with two attached hydrogens (primary N) is 1. The van der Waals surface area contributed by atoms with E-state index < -0.39 is 6.10 Å². The second kappa shape index (κ2) is 5.85.